The SMILES string of the molecule is C=CCN(C(=O)CC)c1c(C(N)=O)cnc2c1cnn2CCC#CC. The molecule has 0 aliphatic rings. The van der Waals surface area contributed by atoms with E-state index < -0.39 is 5.91 Å². The molecule has 0 spiro atoms. The summed E-state index contributed by atoms with van der Waals surface area (Å²) in [4.78, 5) is 30.1. The van der Waals surface area contributed by atoms with Crippen LogP contribution in [0, 0.1) is 11.8 Å². The Hall–Kier alpha value is -3.14. The average molecular weight is 339 g/mol. The minimum Gasteiger partial charge on any atom is -0.365 e. The predicted molar refractivity (Wildman–Crippen MR) is 97.0 cm³/mol. The van der Waals surface area contributed by atoms with Crippen molar-refractivity contribution in [1.29, 1.82) is 0 Å². The molecule has 2 N–H and O–H groups in total. The molecule has 0 aliphatic carbocycles. The summed E-state index contributed by atoms with van der Waals surface area (Å²) in [5.41, 5.74) is 6.69. The number of nitrogens with zero attached hydrogens (tertiary/aromatic N) is 4. The minimum absolute atomic E-state index is 0.139. The van der Waals surface area contributed by atoms with Gasteiger partial charge in [-0.15, -0.1) is 18.4 Å². The highest BCUT2D eigenvalue weighted by Crippen LogP contribution is 2.30. The smallest absolute Gasteiger partial charge is 0.252 e. The van der Waals surface area contributed by atoms with Crippen LogP contribution < -0.4 is 10.6 Å². The highest BCUT2D eigenvalue weighted by molar-refractivity contribution is 6.11. The van der Waals surface area contributed by atoms with Crippen LogP contribution in [0.15, 0.2) is 25.0 Å². The molecule has 25 heavy (non-hydrogen) atoms. The maximum Gasteiger partial charge on any atom is 0.252 e. The maximum atomic E-state index is 12.4. The summed E-state index contributed by atoms with van der Waals surface area (Å²) in [6, 6.07) is 0. The van der Waals surface area contributed by atoms with E-state index in [4.69, 9.17) is 5.73 Å². The van der Waals surface area contributed by atoms with Gasteiger partial charge in [0.1, 0.15) is 0 Å². The zero-order valence-corrected chi connectivity index (χ0v) is 14.5. The Morgan fingerprint density at radius 1 is 1.44 bits per heavy atom. The number of amides is 2. The maximum absolute atomic E-state index is 12.4. The lowest BCUT2D eigenvalue weighted by Crippen LogP contribution is -2.32. The Bertz CT molecular complexity index is 873. The Morgan fingerprint density at radius 3 is 2.80 bits per heavy atom. The molecule has 7 heteroatoms. The van der Waals surface area contributed by atoms with Crippen molar-refractivity contribution in [2.75, 3.05) is 11.4 Å². The molecule has 0 aliphatic heterocycles. The van der Waals surface area contributed by atoms with Gasteiger partial charge in [-0.3, -0.25) is 9.59 Å². The summed E-state index contributed by atoms with van der Waals surface area (Å²) < 4.78 is 1.70. The number of aryl methyl sites for hydroxylation is 1. The molecule has 0 bridgehead atoms. The predicted octanol–water partition coefficient (Wildman–Crippen LogP) is 1.87. The third kappa shape index (κ3) is 3.69. The van der Waals surface area contributed by atoms with E-state index in [1.807, 2.05) is 0 Å². The zero-order chi connectivity index (χ0) is 18.4. The van der Waals surface area contributed by atoms with Gasteiger partial charge < -0.3 is 10.6 Å². The van der Waals surface area contributed by atoms with Gasteiger partial charge in [-0.05, 0) is 6.92 Å². The van der Waals surface area contributed by atoms with Gasteiger partial charge in [0.05, 0.1) is 29.4 Å². The summed E-state index contributed by atoms with van der Waals surface area (Å²) >= 11 is 0. The van der Waals surface area contributed by atoms with Gasteiger partial charge in [0.25, 0.3) is 5.91 Å². The highest BCUT2D eigenvalue weighted by atomic mass is 16.2. The van der Waals surface area contributed by atoms with E-state index in [0.717, 1.165) is 0 Å². The topological polar surface area (TPSA) is 94.1 Å². The van der Waals surface area contributed by atoms with Gasteiger partial charge in [0.2, 0.25) is 5.91 Å². The Morgan fingerprint density at radius 2 is 2.20 bits per heavy atom. The summed E-state index contributed by atoms with van der Waals surface area (Å²) in [7, 11) is 0. The van der Waals surface area contributed by atoms with Crippen LogP contribution in [0.2, 0.25) is 0 Å². The number of hydrogen-bond donors (Lipinski definition) is 1. The van der Waals surface area contributed by atoms with Crippen molar-refractivity contribution < 1.29 is 9.59 Å². The quantitative estimate of drug-likeness (QED) is 0.615. The minimum atomic E-state index is -0.646. The molecule has 0 fully saturated rings. The van der Waals surface area contributed by atoms with E-state index in [9.17, 15) is 9.59 Å². The van der Waals surface area contributed by atoms with Crippen LogP contribution >= 0.6 is 0 Å². The van der Waals surface area contributed by atoms with Gasteiger partial charge in [0.15, 0.2) is 5.65 Å². The first-order chi connectivity index (χ1) is 12.0. The van der Waals surface area contributed by atoms with Gasteiger partial charge in [-0.25, -0.2) is 9.67 Å². The Balaban J connectivity index is 2.66. The van der Waals surface area contributed by atoms with Crippen molar-refractivity contribution in [2.45, 2.75) is 33.2 Å². The lowest BCUT2D eigenvalue weighted by molar-refractivity contribution is -0.118. The molecule has 0 atom stereocenters. The Kier molecular flexibility index (Phi) is 5.90. The van der Waals surface area contributed by atoms with Gasteiger partial charge in [-0.1, -0.05) is 13.0 Å². The van der Waals surface area contributed by atoms with E-state index in [-0.39, 0.29) is 24.4 Å². The zero-order valence-electron chi connectivity index (χ0n) is 14.5. The number of anilines is 1. The number of carbonyl (C=O) groups excluding carboxylic acids is 2. The van der Waals surface area contributed by atoms with E-state index in [0.29, 0.717) is 29.7 Å². The molecule has 0 saturated heterocycles. The van der Waals surface area contributed by atoms with Gasteiger partial charge >= 0.3 is 0 Å². The number of rotatable bonds is 7. The van der Waals surface area contributed by atoms with Crippen LogP contribution in [0.4, 0.5) is 5.69 Å². The molecule has 130 valence electrons. The number of hydrogen-bond acceptors (Lipinski definition) is 4. The van der Waals surface area contributed by atoms with Gasteiger partial charge in [-0.2, -0.15) is 5.10 Å². The number of carbonyl (C=O) groups is 2. The number of primary amides is 1. The number of pyridine rings is 1. The third-order valence-corrected chi connectivity index (χ3v) is 3.71. The fourth-order valence-electron chi connectivity index (χ4n) is 2.57. The number of fused-ring (bicyclic) bond motifs is 1. The van der Waals surface area contributed by atoms with Crippen LogP contribution in [-0.4, -0.2) is 33.1 Å². The monoisotopic (exact) mass is 339 g/mol. The third-order valence-electron chi connectivity index (χ3n) is 3.71. The molecule has 0 unspecified atom stereocenters. The van der Waals surface area contributed by atoms with Crippen molar-refractivity contribution in [3.05, 3.63) is 30.6 Å². The largest absolute Gasteiger partial charge is 0.365 e. The summed E-state index contributed by atoms with van der Waals surface area (Å²) in [5.74, 6) is 5.02. The molecule has 2 aromatic rings. The molecule has 2 rings (SSSR count). The fourth-order valence-corrected chi connectivity index (χ4v) is 2.57. The second kappa shape index (κ2) is 8.11. The number of nitrogens with two attached hydrogens (primary N) is 1. The van der Waals surface area contributed by atoms with E-state index in [2.05, 4.69) is 28.5 Å². The molecule has 0 aromatic carbocycles. The van der Waals surface area contributed by atoms with Crippen molar-refractivity contribution in [1.82, 2.24) is 14.8 Å². The summed E-state index contributed by atoms with van der Waals surface area (Å²) in [5, 5.41) is 4.93. The summed E-state index contributed by atoms with van der Waals surface area (Å²) in [6.07, 6.45) is 5.51. The lowest BCUT2D eigenvalue weighted by atomic mass is 10.1. The van der Waals surface area contributed by atoms with Crippen LogP contribution in [0.5, 0.6) is 0 Å². The van der Waals surface area contributed by atoms with Crippen molar-refractivity contribution >= 4 is 28.5 Å². The first kappa shape index (κ1) is 18.2. The van der Waals surface area contributed by atoms with Crippen molar-refractivity contribution in [3.8, 4) is 11.8 Å². The highest BCUT2D eigenvalue weighted by Gasteiger charge is 2.24. The van der Waals surface area contributed by atoms with Crippen molar-refractivity contribution in [2.24, 2.45) is 5.73 Å². The van der Waals surface area contributed by atoms with E-state index in [1.54, 1.807) is 30.8 Å². The van der Waals surface area contributed by atoms with Gasteiger partial charge in [0, 0.05) is 25.6 Å². The lowest BCUT2D eigenvalue weighted by Gasteiger charge is -2.23. The molecule has 2 heterocycles. The van der Waals surface area contributed by atoms with Crippen LogP contribution in [0.3, 0.4) is 0 Å². The molecule has 0 saturated carbocycles. The molecule has 2 amide bonds. The van der Waals surface area contributed by atoms with Crippen LogP contribution in [-0.2, 0) is 11.3 Å². The molecular weight excluding hydrogens is 318 g/mol. The first-order valence-corrected chi connectivity index (χ1v) is 8.00. The normalized spacial score (nSPS) is 10.2. The van der Waals surface area contributed by atoms with Crippen LogP contribution in [0.25, 0.3) is 11.0 Å². The molecule has 2 aromatic heterocycles. The van der Waals surface area contributed by atoms with E-state index in [1.165, 1.54) is 11.1 Å². The van der Waals surface area contributed by atoms with Crippen LogP contribution in [0.1, 0.15) is 37.0 Å². The Labute approximate surface area is 146 Å². The first-order valence-electron chi connectivity index (χ1n) is 8.00. The standard InChI is InChI=1S/C18H21N5O2/c1-4-7-8-10-23-18-14(12-21-23)16(13(11-20-18)17(19)25)22(9-5-2)15(24)6-3/h5,11-12H,2,6,8-10H2,1,3H3,(H2,19,25). The van der Waals surface area contributed by atoms with E-state index >= 15 is 0 Å². The molecular formula is C18H21N5O2. The fraction of sp³-hybridized carbons (Fsp3) is 0.333. The second-order valence-corrected chi connectivity index (χ2v) is 5.31. The molecule has 7 nitrogen and oxygen atoms in total. The molecule has 0 radical (unpaired) electrons. The number of aromatic nitrogens is 3. The summed E-state index contributed by atoms with van der Waals surface area (Å²) in [6.45, 7) is 8.05. The average Bonchev–Trinajstić information content (AvgIpc) is 3.02. The second-order valence-electron chi connectivity index (χ2n) is 5.31. The van der Waals surface area contributed by atoms with Crippen molar-refractivity contribution in [3.63, 3.8) is 0 Å².